The number of rotatable bonds is 4. The van der Waals surface area contributed by atoms with E-state index in [0.717, 1.165) is 43.1 Å². The molecule has 0 radical (unpaired) electrons. The van der Waals surface area contributed by atoms with Gasteiger partial charge in [0.1, 0.15) is 0 Å². The van der Waals surface area contributed by atoms with Gasteiger partial charge in [0.2, 0.25) is 0 Å². The van der Waals surface area contributed by atoms with Gasteiger partial charge in [0.25, 0.3) is 0 Å². The largest absolute Gasteiger partial charge is 0.394 e. The molecule has 1 aromatic rings. The van der Waals surface area contributed by atoms with Crippen molar-refractivity contribution in [3.05, 3.63) is 16.5 Å². The summed E-state index contributed by atoms with van der Waals surface area (Å²) in [6.45, 7) is 6.05. The van der Waals surface area contributed by atoms with Gasteiger partial charge in [-0.1, -0.05) is 11.6 Å². The Kier molecular flexibility index (Phi) is 4.96. The molecule has 1 saturated heterocycles. The fourth-order valence-electron chi connectivity index (χ4n) is 2.22. The first-order chi connectivity index (χ1) is 9.11. The number of piperidine rings is 1. The van der Waals surface area contributed by atoms with E-state index >= 15 is 0 Å². The SMILES string of the molecule is Cc1nc(Cl)c(N2CCC(OCCO)CC2)nc1C. The fraction of sp³-hybridized carbons (Fsp3) is 0.692. The molecular weight excluding hydrogens is 266 g/mol. The lowest BCUT2D eigenvalue weighted by atomic mass is 10.1. The van der Waals surface area contributed by atoms with Crippen LogP contribution >= 0.6 is 11.6 Å². The quantitative estimate of drug-likeness (QED) is 0.913. The molecule has 6 heteroatoms. The van der Waals surface area contributed by atoms with Crippen molar-refractivity contribution in [1.82, 2.24) is 9.97 Å². The Balaban J connectivity index is 1.99. The van der Waals surface area contributed by atoms with Gasteiger partial charge in [-0.3, -0.25) is 0 Å². The van der Waals surface area contributed by atoms with Crippen LogP contribution in [0.5, 0.6) is 0 Å². The maximum absolute atomic E-state index is 8.75. The van der Waals surface area contributed by atoms with Gasteiger partial charge in [-0.2, -0.15) is 0 Å². The van der Waals surface area contributed by atoms with E-state index < -0.39 is 0 Å². The molecule has 1 aromatic heterocycles. The molecule has 0 spiro atoms. The van der Waals surface area contributed by atoms with Crippen LogP contribution in [0.3, 0.4) is 0 Å². The number of hydrogen-bond donors (Lipinski definition) is 1. The fourth-order valence-corrected chi connectivity index (χ4v) is 2.51. The molecule has 2 heterocycles. The second kappa shape index (κ2) is 6.50. The topological polar surface area (TPSA) is 58.5 Å². The zero-order chi connectivity index (χ0) is 13.8. The van der Waals surface area contributed by atoms with Crippen LogP contribution in [0.2, 0.25) is 5.15 Å². The van der Waals surface area contributed by atoms with Gasteiger partial charge in [-0.05, 0) is 26.7 Å². The van der Waals surface area contributed by atoms with Crippen LogP contribution < -0.4 is 4.90 Å². The average molecular weight is 286 g/mol. The number of aliphatic hydroxyl groups is 1. The molecule has 2 rings (SSSR count). The second-order valence-electron chi connectivity index (χ2n) is 4.79. The number of aromatic nitrogens is 2. The van der Waals surface area contributed by atoms with Crippen molar-refractivity contribution in [3.63, 3.8) is 0 Å². The van der Waals surface area contributed by atoms with E-state index in [1.807, 2.05) is 13.8 Å². The Morgan fingerprint density at radius 3 is 2.53 bits per heavy atom. The Morgan fingerprint density at radius 1 is 1.26 bits per heavy atom. The second-order valence-corrected chi connectivity index (χ2v) is 5.15. The van der Waals surface area contributed by atoms with Gasteiger partial charge >= 0.3 is 0 Å². The van der Waals surface area contributed by atoms with Gasteiger partial charge < -0.3 is 14.7 Å². The number of halogens is 1. The van der Waals surface area contributed by atoms with E-state index in [2.05, 4.69) is 14.9 Å². The third-order valence-electron chi connectivity index (χ3n) is 3.43. The van der Waals surface area contributed by atoms with E-state index in [0.29, 0.717) is 11.8 Å². The lowest BCUT2D eigenvalue weighted by Crippen LogP contribution is -2.38. The molecule has 0 bridgehead atoms. The van der Waals surface area contributed by atoms with Crippen LogP contribution in [0.1, 0.15) is 24.2 Å². The van der Waals surface area contributed by atoms with Crippen molar-refractivity contribution in [1.29, 1.82) is 0 Å². The van der Waals surface area contributed by atoms with Gasteiger partial charge in [0.15, 0.2) is 11.0 Å². The predicted molar refractivity (Wildman–Crippen MR) is 74.8 cm³/mol. The highest BCUT2D eigenvalue weighted by Crippen LogP contribution is 2.26. The first-order valence-corrected chi connectivity index (χ1v) is 6.97. The Hall–Kier alpha value is -0.910. The first kappa shape index (κ1) is 14.5. The summed E-state index contributed by atoms with van der Waals surface area (Å²) >= 11 is 6.18. The number of anilines is 1. The number of nitrogens with zero attached hydrogens (tertiary/aromatic N) is 3. The Bertz CT molecular complexity index is 434. The van der Waals surface area contributed by atoms with Crippen LogP contribution in [0.15, 0.2) is 0 Å². The summed E-state index contributed by atoms with van der Waals surface area (Å²) in [6, 6.07) is 0. The zero-order valence-corrected chi connectivity index (χ0v) is 12.2. The molecule has 1 aliphatic rings. The monoisotopic (exact) mass is 285 g/mol. The van der Waals surface area contributed by atoms with Crippen LogP contribution in [-0.4, -0.2) is 47.5 Å². The minimum Gasteiger partial charge on any atom is -0.394 e. The molecular formula is C13H20ClN3O2. The maximum atomic E-state index is 8.75. The molecule has 0 atom stereocenters. The maximum Gasteiger partial charge on any atom is 0.171 e. The van der Waals surface area contributed by atoms with E-state index in [9.17, 15) is 0 Å². The smallest absolute Gasteiger partial charge is 0.171 e. The molecule has 5 nitrogen and oxygen atoms in total. The summed E-state index contributed by atoms with van der Waals surface area (Å²) in [5, 5.41) is 9.22. The molecule has 0 aliphatic carbocycles. The van der Waals surface area contributed by atoms with Crippen molar-refractivity contribution in [3.8, 4) is 0 Å². The van der Waals surface area contributed by atoms with Crippen LogP contribution in [-0.2, 0) is 4.74 Å². The van der Waals surface area contributed by atoms with E-state index in [4.69, 9.17) is 21.4 Å². The van der Waals surface area contributed by atoms with Crippen LogP contribution in [0.25, 0.3) is 0 Å². The van der Waals surface area contributed by atoms with Crippen molar-refractivity contribution in [2.24, 2.45) is 0 Å². The number of aryl methyl sites for hydroxylation is 2. The van der Waals surface area contributed by atoms with E-state index in [1.165, 1.54) is 0 Å². The van der Waals surface area contributed by atoms with Crippen molar-refractivity contribution >= 4 is 17.4 Å². The lowest BCUT2D eigenvalue weighted by Gasteiger charge is -2.33. The molecule has 106 valence electrons. The third-order valence-corrected chi connectivity index (χ3v) is 3.69. The molecule has 19 heavy (non-hydrogen) atoms. The third kappa shape index (κ3) is 3.55. The summed E-state index contributed by atoms with van der Waals surface area (Å²) < 4.78 is 5.54. The Labute approximate surface area is 118 Å². The van der Waals surface area contributed by atoms with Crippen molar-refractivity contribution in [2.45, 2.75) is 32.8 Å². The highest BCUT2D eigenvalue weighted by molar-refractivity contribution is 6.31. The molecule has 1 aliphatic heterocycles. The summed E-state index contributed by atoms with van der Waals surface area (Å²) in [4.78, 5) is 11.0. The molecule has 1 N–H and O–H groups in total. The molecule has 0 saturated carbocycles. The Morgan fingerprint density at radius 2 is 1.89 bits per heavy atom. The van der Waals surface area contributed by atoms with Gasteiger partial charge in [-0.25, -0.2) is 9.97 Å². The summed E-state index contributed by atoms with van der Waals surface area (Å²) in [5.41, 5.74) is 1.79. The van der Waals surface area contributed by atoms with Crippen molar-refractivity contribution in [2.75, 3.05) is 31.2 Å². The summed E-state index contributed by atoms with van der Waals surface area (Å²) in [6.07, 6.45) is 2.07. The van der Waals surface area contributed by atoms with Crippen LogP contribution in [0.4, 0.5) is 5.82 Å². The van der Waals surface area contributed by atoms with E-state index in [1.54, 1.807) is 0 Å². The minimum atomic E-state index is 0.0781. The summed E-state index contributed by atoms with van der Waals surface area (Å²) in [7, 11) is 0. The number of ether oxygens (including phenoxy) is 1. The minimum absolute atomic E-state index is 0.0781. The highest BCUT2D eigenvalue weighted by atomic mass is 35.5. The number of hydrogen-bond acceptors (Lipinski definition) is 5. The molecule has 0 amide bonds. The zero-order valence-electron chi connectivity index (χ0n) is 11.4. The molecule has 0 aromatic carbocycles. The summed E-state index contributed by atoms with van der Waals surface area (Å²) in [5.74, 6) is 0.769. The highest BCUT2D eigenvalue weighted by Gasteiger charge is 2.23. The molecule has 0 unspecified atom stereocenters. The van der Waals surface area contributed by atoms with Crippen LogP contribution in [0, 0.1) is 13.8 Å². The van der Waals surface area contributed by atoms with Gasteiger partial charge in [0.05, 0.1) is 30.7 Å². The number of aliphatic hydroxyl groups excluding tert-OH is 1. The van der Waals surface area contributed by atoms with Gasteiger partial charge in [0, 0.05) is 13.1 Å². The first-order valence-electron chi connectivity index (χ1n) is 6.60. The van der Waals surface area contributed by atoms with Gasteiger partial charge in [-0.15, -0.1) is 0 Å². The standard InChI is InChI=1S/C13H20ClN3O2/c1-9-10(2)16-13(12(14)15-9)17-5-3-11(4-6-17)19-8-7-18/h11,18H,3-8H2,1-2H3. The predicted octanol–water partition coefficient (Wildman–Crippen LogP) is 1.72. The van der Waals surface area contributed by atoms with Crippen molar-refractivity contribution < 1.29 is 9.84 Å². The average Bonchev–Trinajstić information content (AvgIpc) is 2.41. The molecule has 1 fully saturated rings. The van der Waals surface area contributed by atoms with E-state index in [-0.39, 0.29) is 12.7 Å². The lowest BCUT2D eigenvalue weighted by molar-refractivity contribution is 0.0158. The normalized spacial score (nSPS) is 16.9.